The molecule has 2 rings (SSSR count). The average molecular weight is 340 g/mol. The number of nitrogens with zero attached hydrogens (tertiary/aromatic N) is 2. The van der Waals surface area contributed by atoms with Crippen molar-refractivity contribution in [2.45, 2.75) is 20.8 Å². The molecule has 1 heterocycles. The second kappa shape index (κ2) is 6.77. The zero-order valence-corrected chi connectivity index (χ0v) is 14.4. The predicted octanol–water partition coefficient (Wildman–Crippen LogP) is 4.85. The van der Waals surface area contributed by atoms with Gasteiger partial charge in [0.25, 0.3) is 5.69 Å². The van der Waals surface area contributed by atoms with E-state index in [-0.39, 0.29) is 17.0 Å². The highest BCUT2D eigenvalue weighted by atomic mass is 32.1. The number of nitriles is 1. The Balaban J connectivity index is 2.36. The fraction of sp³-hybridized carbons (Fsp3) is 0.222. The Labute approximate surface area is 144 Å². The molecule has 24 heavy (non-hydrogen) atoms. The molecule has 0 spiro atoms. The van der Waals surface area contributed by atoms with Gasteiger partial charge in [-0.2, -0.15) is 5.26 Å². The van der Waals surface area contributed by atoms with E-state index in [0.717, 1.165) is 15.3 Å². The number of thiophene rings is 1. The fourth-order valence-electron chi connectivity index (χ4n) is 2.05. The van der Waals surface area contributed by atoms with Gasteiger partial charge in [0.05, 0.1) is 10.5 Å². The van der Waals surface area contributed by atoms with E-state index in [0.29, 0.717) is 0 Å². The smallest absolute Gasteiger partial charge is 0.270 e. The number of nitro groups is 1. The second-order valence-corrected chi connectivity index (χ2v) is 7.37. The van der Waals surface area contributed by atoms with E-state index in [1.54, 1.807) is 45.0 Å². The van der Waals surface area contributed by atoms with E-state index in [1.165, 1.54) is 23.5 Å². The Hall–Kier alpha value is -2.78. The van der Waals surface area contributed by atoms with Crippen molar-refractivity contribution in [1.29, 1.82) is 5.26 Å². The number of benzene rings is 1. The number of allylic oxidation sites excluding steroid dienone is 1. The van der Waals surface area contributed by atoms with Crippen LogP contribution >= 0.6 is 11.3 Å². The number of non-ortho nitro benzene ring substituents is 1. The van der Waals surface area contributed by atoms with E-state index in [9.17, 15) is 20.2 Å². The number of hydrogen-bond donors (Lipinski definition) is 0. The molecular formula is C18H16N2O3S. The van der Waals surface area contributed by atoms with Gasteiger partial charge in [-0.3, -0.25) is 14.9 Å². The number of ketones is 1. The van der Waals surface area contributed by atoms with Gasteiger partial charge >= 0.3 is 0 Å². The standard InChI is InChI=1S/C18H16N2O3S/c1-18(2,3)17(21)13(11-19)10-15-7-8-16(24-15)12-5-4-6-14(9-12)20(22)23/h4-10H,1-3H3/b13-10+. The van der Waals surface area contributed by atoms with E-state index in [2.05, 4.69) is 0 Å². The van der Waals surface area contributed by atoms with Crippen LogP contribution in [0.2, 0.25) is 0 Å². The lowest BCUT2D eigenvalue weighted by molar-refractivity contribution is -0.384. The van der Waals surface area contributed by atoms with E-state index < -0.39 is 10.3 Å². The van der Waals surface area contributed by atoms with Gasteiger partial charge in [-0.25, -0.2) is 0 Å². The molecule has 0 radical (unpaired) electrons. The summed E-state index contributed by atoms with van der Waals surface area (Å²) in [6, 6.07) is 11.9. The number of rotatable bonds is 4. The highest BCUT2D eigenvalue weighted by Gasteiger charge is 2.25. The van der Waals surface area contributed by atoms with Crippen LogP contribution in [-0.2, 0) is 4.79 Å². The summed E-state index contributed by atoms with van der Waals surface area (Å²) in [5.41, 5.74) is 0.241. The van der Waals surface area contributed by atoms with Crippen LogP contribution in [0.15, 0.2) is 42.0 Å². The third kappa shape index (κ3) is 3.94. The quantitative estimate of drug-likeness (QED) is 0.345. The lowest BCUT2D eigenvalue weighted by Gasteiger charge is -2.15. The van der Waals surface area contributed by atoms with Gasteiger partial charge in [0.15, 0.2) is 5.78 Å². The largest absolute Gasteiger partial charge is 0.293 e. The van der Waals surface area contributed by atoms with E-state index >= 15 is 0 Å². The molecule has 0 aliphatic rings. The first kappa shape index (κ1) is 17.6. The van der Waals surface area contributed by atoms with Crippen molar-refractivity contribution in [2.24, 2.45) is 5.41 Å². The van der Waals surface area contributed by atoms with Crippen molar-refractivity contribution < 1.29 is 9.72 Å². The summed E-state index contributed by atoms with van der Waals surface area (Å²) in [4.78, 5) is 24.3. The van der Waals surface area contributed by atoms with Crippen LogP contribution in [0.4, 0.5) is 5.69 Å². The van der Waals surface area contributed by atoms with Crippen molar-refractivity contribution in [1.82, 2.24) is 0 Å². The Morgan fingerprint density at radius 1 is 1.29 bits per heavy atom. The van der Waals surface area contributed by atoms with Crippen molar-refractivity contribution in [2.75, 3.05) is 0 Å². The van der Waals surface area contributed by atoms with Crippen molar-refractivity contribution >= 4 is 28.9 Å². The summed E-state index contributed by atoms with van der Waals surface area (Å²) in [5.74, 6) is -0.213. The summed E-state index contributed by atoms with van der Waals surface area (Å²) in [6.45, 7) is 5.30. The second-order valence-electron chi connectivity index (χ2n) is 6.26. The molecule has 0 saturated heterocycles. The van der Waals surface area contributed by atoms with Crippen molar-refractivity contribution in [3.05, 3.63) is 57.0 Å². The van der Waals surface area contributed by atoms with Crippen molar-refractivity contribution in [3.63, 3.8) is 0 Å². The van der Waals surface area contributed by atoms with Crippen LogP contribution < -0.4 is 0 Å². The normalized spacial score (nSPS) is 11.8. The maximum atomic E-state index is 12.2. The van der Waals surface area contributed by atoms with Crippen LogP contribution in [0.5, 0.6) is 0 Å². The minimum Gasteiger partial charge on any atom is -0.293 e. The number of carbonyl (C=O) groups excluding carboxylic acids is 1. The minimum absolute atomic E-state index is 0.0265. The monoisotopic (exact) mass is 340 g/mol. The Bertz CT molecular complexity index is 867. The van der Waals surface area contributed by atoms with Gasteiger partial charge in [-0.05, 0) is 23.8 Å². The first-order chi connectivity index (χ1) is 11.2. The molecule has 1 aromatic carbocycles. The van der Waals surface area contributed by atoms with Gasteiger partial charge in [0.2, 0.25) is 0 Å². The lowest BCUT2D eigenvalue weighted by atomic mass is 9.86. The van der Waals surface area contributed by atoms with Crippen LogP contribution in [0, 0.1) is 26.9 Å². The lowest BCUT2D eigenvalue weighted by Crippen LogP contribution is -2.21. The first-order valence-corrected chi connectivity index (χ1v) is 8.05. The summed E-state index contributed by atoms with van der Waals surface area (Å²) in [5, 5.41) is 20.1. The topological polar surface area (TPSA) is 84.0 Å². The molecule has 5 nitrogen and oxygen atoms in total. The predicted molar refractivity (Wildman–Crippen MR) is 94.5 cm³/mol. The maximum absolute atomic E-state index is 12.2. The van der Waals surface area contributed by atoms with Crippen LogP contribution in [-0.4, -0.2) is 10.7 Å². The van der Waals surface area contributed by atoms with Gasteiger partial charge in [0.1, 0.15) is 6.07 Å². The molecule has 0 atom stereocenters. The third-order valence-corrected chi connectivity index (χ3v) is 4.38. The van der Waals surface area contributed by atoms with Crippen LogP contribution in [0.3, 0.4) is 0 Å². The molecule has 0 fully saturated rings. The minimum atomic E-state index is -0.623. The van der Waals surface area contributed by atoms with Gasteiger partial charge in [-0.1, -0.05) is 32.9 Å². The third-order valence-electron chi connectivity index (χ3n) is 3.30. The molecule has 0 bridgehead atoms. The van der Waals surface area contributed by atoms with Crippen LogP contribution in [0.25, 0.3) is 16.5 Å². The zero-order valence-electron chi connectivity index (χ0n) is 13.6. The molecule has 0 N–H and O–H groups in total. The molecule has 6 heteroatoms. The molecule has 0 unspecified atom stereocenters. The summed E-state index contributed by atoms with van der Waals surface area (Å²) >= 11 is 1.38. The Morgan fingerprint density at radius 2 is 2.00 bits per heavy atom. The van der Waals surface area contributed by atoms with E-state index in [4.69, 9.17) is 0 Å². The Kier molecular flexibility index (Phi) is 4.96. The first-order valence-electron chi connectivity index (χ1n) is 7.23. The molecule has 0 saturated carbocycles. The number of nitro benzene ring substituents is 1. The molecular weight excluding hydrogens is 324 g/mol. The number of carbonyl (C=O) groups is 1. The fourth-order valence-corrected chi connectivity index (χ4v) is 3.00. The Morgan fingerprint density at radius 3 is 2.58 bits per heavy atom. The highest BCUT2D eigenvalue weighted by molar-refractivity contribution is 7.16. The van der Waals surface area contributed by atoms with E-state index in [1.807, 2.05) is 12.1 Å². The molecule has 1 aromatic heterocycles. The summed E-state index contributed by atoms with van der Waals surface area (Å²) in [6.07, 6.45) is 1.57. The summed E-state index contributed by atoms with van der Waals surface area (Å²) < 4.78 is 0. The summed E-state index contributed by atoms with van der Waals surface area (Å²) in [7, 11) is 0. The molecule has 0 aliphatic carbocycles. The maximum Gasteiger partial charge on any atom is 0.270 e. The molecule has 0 amide bonds. The van der Waals surface area contributed by atoms with Crippen LogP contribution in [0.1, 0.15) is 25.6 Å². The number of Topliss-reactive ketones (excluding diaryl/α,β-unsaturated/α-hetero) is 1. The van der Waals surface area contributed by atoms with Gasteiger partial charge < -0.3 is 0 Å². The van der Waals surface area contributed by atoms with Crippen molar-refractivity contribution in [3.8, 4) is 16.5 Å². The van der Waals surface area contributed by atoms with Gasteiger partial charge in [0, 0.05) is 27.3 Å². The SMILES string of the molecule is CC(C)(C)C(=O)/C(C#N)=C/c1ccc(-c2cccc([N+](=O)[O-])c2)s1. The average Bonchev–Trinajstić information content (AvgIpc) is 2.99. The van der Waals surface area contributed by atoms with Gasteiger partial charge in [-0.15, -0.1) is 11.3 Å². The molecule has 0 aliphatic heterocycles. The molecule has 2 aromatic rings. The molecule has 122 valence electrons. The number of hydrogen-bond acceptors (Lipinski definition) is 5. The zero-order chi connectivity index (χ0) is 17.9. The highest BCUT2D eigenvalue weighted by Crippen LogP contribution is 2.32.